The highest BCUT2D eigenvalue weighted by atomic mass is 35.5. The fourth-order valence-electron chi connectivity index (χ4n) is 9.39. The molecule has 3 aliphatic carbocycles. The summed E-state index contributed by atoms with van der Waals surface area (Å²) in [7, 11) is 0. The van der Waals surface area contributed by atoms with Crippen LogP contribution in [0, 0.1) is 11.8 Å². The second-order valence-electron chi connectivity index (χ2n) is 15.3. The maximum atomic E-state index is 13.0. The topological polar surface area (TPSA) is 94.9 Å². The van der Waals surface area contributed by atoms with E-state index in [0.29, 0.717) is 42.2 Å². The molecule has 2 fully saturated rings. The van der Waals surface area contributed by atoms with Crippen molar-refractivity contribution in [1.29, 1.82) is 0 Å². The van der Waals surface area contributed by atoms with Crippen molar-refractivity contribution in [3.05, 3.63) is 87.7 Å². The molecular formula is C40H50ClN3O4. The zero-order valence-corrected chi connectivity index (χ0v) is 29.1. The van der Waals surface area contributed by atoms with Crippen molar-refractivity contribution >= 4 is 23.3 Å². The van der Waals surface area contributed by atoms with E-state index < -0.39 is 11.5 Å². The Morgan fingerprint density at radius 1 is 1.15 bits per heavy atom. The predicted octanol–water partition coefficient (Wildman–Crippen LogP) is 7.77. The Kier molecular flexibility index (Phi) is 9.49. The molecule has 4 atom stereocenters. The first kappa shape index (κ1) is 33.4. The highest BCUT2D eigenvalue weighted by Gasteiger charge is 2.54. The number of carboxylic acid groups (broad SMARTS) is 1. The molecule has 7 nitrogen and oxygen atoms in total. The number of pyridine rings is 1. The minimum atomic E-state index is -1.04. The van der Waals surface area contributed by atoms with Crippen molar-refractivity contribution in [1.82, 2.24) is 9.88 Å². The van der Waals surface area contributed by atoms with Crippen molar-refractivity contribution in [3.8, 4) is 5.75 Å². The molecule has 0 amide bonds. The number of aliphatic hydroxyl groups is 1. The van der Waals surface area contributed by atoms with Crippen LogP contribution in [0.5, 0.6) is 5.75 Å². The second-order valence-corrected chi connectivity index (χ2v) is 15.7. The Morgan fingerprint density at radius 2 is 1.98 bits per heavy atom. The van der Waals surface area contributed by atoms with E-state index in [0.717, 1.165) is 63.1 Å². The van der Waals surface area contributed by atoms with Crippen LogP contribution in [0.1, 0.15) is 99.1 Å². The third-order valence-corrected chi connectivity index (χ3v) is 12.5. The first-order valence-corrected chi connectivity index (χ1v) is 18.4. The quantitative estimate of drug-likeness (QED) is 0.192. The molecule has 0 bridgehead atoms. The number of benzene rings is 2. The number of aliphatic carboxylic acids is 1. The largest absolute Gasteiger partial charge is 0.493 e. The van der Waals surface area contributed by atoms with Gasteiger partial charge in [0.05, 0.1) is 13.2 Å². The summed E-state index contributed by atoms with van der Waals surface area (Å²) in [6.45, 7) is 7.32. The average molecular weight is 672 g/mol. The zero-order valence-electron chi connectivity index (χ0n) is 28.4. The number of nitrogens with zero attached hydrogens (tertiary/aromatic N) is 2. The maximum absolute atomic E-state index is 13.0. The maximum Gasteiger partial charge on any atom is 0.329 e. The fraction of sp³-hybridized carbons (Fsp3) is 0.550. The van der Waals surface area contributed by atoms with Gasteiger partial charge in [-0.2, -0.15) is 0 Å². The number of aliphatic hydroxyl groups excluding tert-OH is 1. The standard InChI is InChI=1S/C40H50ClN3O4/c1-26(25-48-36-11-17-42-35-8-3-5-27(2)37(35)36)19-30-21-29-10-9-28(23-44-18-12-33(44)24-45)20-34(29)39(30)13-15-40(16-14-39,38(46)47)43-32-7-4-6-31(41)22-32/h4,6-7,9-11,17,20,22,26-27,30,33,43,45H,3,5,8,12-16,18-19,21,23-25H2,1-2H3,(H,46,47)/t26-,27-,30?,33-,39?,40?/m1/s1. The smallest absolute Gasteiger partial charge is 0.329 e. The molecule has 256 valence electrons. The molecule has 7 rings (SSSR count). The normalized spacial score (nSPS) is 28.7. The van der Waals surface area contributed by atoms with Crippen LogP contribution < -0.4 is 10.1 Å². The number of likely N-dealkylation sites (tertiary alicyclic amines) is 1. The summed E-state index contributed by atoms with van der Waals surface area (Å²) >= 11 is 6.28. The first-order valence-electron chi connectivity index (χ1n) is 18.0. The van der Waals surface area contributed by atoms with Crippen molar-refractivity contribution < 1.29 is 19.7 Å². The lowest BCUT2D eigenvalue weighted by Crippen LogP contribution is -2.53. The molecule has 1 aromatic heterocycles. The summed E-state index contributed by atoms with van der Waals surface area (Å²) < 4.78 is 6.58. The molecule has 4 aliphatic rings. The molecular weight excluding hydrogens is 622 g/mol. The van der Waals surface area contributed by atoms with Crippen molar-refractivity contribution in [2.45, 2.75) is 108 Å². The molecule has 1 saturated carbocycles. The van der Waals surface area contributed by atoms with E-state index in [1.165, 1.54) is 40.8 Å². The Labute approximate surface area is 290 Å². The van der Waals surface area contributed by atoms with E-state index in [9.17, 15) is 15.0 Å². The van der Waals surface area contributed by atoms with E-state index in [1.54, 1.807) is 0 Å². The molecule has 2 aromatic carbocycles. The van der Waals surface area contributed by atoms with E-state index in [4.69, 9.17) is 16.3 Å². The van der Waals surface area contributed by atoms with Crippen LogP contribution in [0.3, 0.4) is 0 Å². The lowest BCUT2D eigenvalue weighted by molar-refractivity contribution is -0.144. The number of carbonyl (C=O) groups is 1. The summed E-state index contributed by atoms with van der Waals surface area (Å²) in [5.74, 6) is 1.40. The Hall–Kier alpha value is -3.13. The molecule has 0 radical (unpaired) electrons. The van der Waals surface area contributed by atoms with Gasteiger partial charge in [-0.25, -0.2) is 4.79 Å². The number of anilines is 1. The number of hydrogen-bond acceptors (Lipinski definition) is 6. The number of rotatable bonds is 11. The summed E-state index contributed by atoms with van der Waals surface area (Å²) in [6, 6.07) is 16.7. The van der Waals surface area contributed by atoms with Crippen molar-refractivity contribution in [3.63, 3.8) is 0 Å². The third-order valence-electron chi connectivity index (χ3n) is 12.2. The van der Waals surface area contributed by atoms with Crippen LogP contribution in [0.4, 0.5) is 5.69 Å². The van der Waals surface area contributed by atoms with E-state index >= 15 is 0 Å². The molecule has 1 unspecified atom stereocenters. The van der Waals surface area contributed by atoms with Gasteiger partial charge in [-0.1, -0.05) is 49.7 Å². The monoisotopic (exact) mass is 671 g/mol. The Morgan fingerprint density at radius 3 is 2.71 bits per heavy atom. The summed E-state index contributed by atoms with van der Waals surface area (Å²) in [6.07, 6.45) is 11.1. The van der Waals surface area contributed by atoms with E-state index in [-0.39, 0.29) is 18.1 Å². The molecule has 3 aromatic rings. The fourth-order valence-corrected chi connectivity index (χ4v) is 9.58. The number of nitrogens with one attached hydrogen (secondary N) is 1. The van der Waals surface area contributed by atoms with Crippen LogP contribution in [-0.4, -0.2) is 57.4 Å². The van der Waals surface area contributed by atoms with Gasteiger partial charge >= 0.3 is 5.97 Å². The van der Waals surface area contributed by atoms with Crippen molar-refractivity contribution in [2.24, 2.45) is 11.8 Å². The van der Waals surface area contributed by atoms with E-state index in [2.05, 4.69) is 47.2 Å². The van der Waals surface area contributed by atoms with Gasteiger partial charge in [-0.05, 0) is 128 Å². The van der Waals surface area contributed by atoms with Crippen LogP contribution >= 0.6 is 11.6 Å². The number of aromatic nitrogens is 1. The van der Waals surface area contributed by atoms with Gasteiger partial charge in [0.1, 0.15) is 11.3 Å². The number of hydrogen-bond donors (Lipinski definition) is 3. The van der Waals surface area contributed by atoms with Crippen LogP contribution in [0.2, 0.25) is 5.02 Å². The summed E-state index contributed by atoms with van der Waals surface area (Å²) in [4.78, 5) is 20.0. The second kappa shape index (κ2) is 13.6. The number of aryl methyl sites for hydroxylation is 1. The zero-order chi connectivity index (χ0) is 33.5. The van der Waals surface area contributed by atoms with Gasteiger partial charge in [0.25, 0.3) is 0 Å². The molecule has 2 heterocycles. The van der Waals surface area contributed by atoms with Gasteiger partial charge < -0.3 is 20.3 Å². The molecule has 3 N–H and O–H groups in total. The van der Waals surface area contributed by atoms with Crippen LogP contribution in [0.25, 0.3) is 0 Å². The van der Waals surface area contributed by atoms with Gasteiger partial charge in [-0.15, -0.1) is 0 Å². The third kappa shape index (κ3) is 6.34. The minimum Gasteiger partial charge on any atom is -0.493 e. The van der Waals surface area contributed by atoms with Crippen LogP contribution in [0.15, 0.2) is 54.7 Å². The number of halogens is 1. The first-order chi connectivity index (χ1) is 23.2. The lowest BCUT2D eigenvalue weighted by atomic mass is 9.59. The van der Waals surface area contributed by atoms with Gasteiger partial charge in [-0.3, -0.25) is 9.88 Å². The Balaban J connectivity index is 1.13. The van der Waals surface area contributed by atoms with Gasteiger partial charge in [0.15, 0.2) is 0 Å². The van der Waals surface area contributed by atoms with Crippen LogP contribution in [-0.2, 0) is 29.6 Å². The molecule has 1 saturated heterocycles. The Bertz CT molecular complexity index is 1630. The molecule has 1 spiro atoms. The van der Waals surface area contributed by atoms with E-state index in [1.807, 2.05) is 36.5 Å². The highest BCUT2D eigenvalue weighted by Crippen LogP contribution is 2.56. The average Bonchev–Trinajstić information content (AvgIpc) is 3.34. The SMILES string of the molecule is C[C@@H](COc1ccnc2c1[C@H](C)CCC2)CC1Cc2ccc(CN3CC[C@@H]3CO)cc2C12CCC(Nc1cccc(Cl)c1)(C(=O)O)CC2. The summed E-state index contributed by atoms with van der Waals surface area (Å²) in [5.41, 5.74) is 6.20. The van der Waals surface area contributed by atoms with Crippen molar-refractivity contribution in [2.75, 3.05) is 25.1 Å². The number of fused-ring (bicyclic) bond motifs is 3. The van der Waals surface area contributed by atoms with Gasteiger partial charge in [0, 0.05) is 47.3 Å². The minimum absolute atomic E-state index is 0.0930. The summed E-state index contributed by atoms with van der Waals surface area (Å²) in [5, 5.41) is 24.4. The molecule has 48 heavy (non-hydrogen) atoms. The molecule has 1 aliphatic heterocycles. The predicted molar refractivity (Wildman–Crippen MR) is 190 cm³/mol. The van der Waals surface area contributed by atoms with Gasteiger partial charge in [0.2, 0.25) is 0 Å². The lowest BCUT2D eigenvalue weighted by Gasteiger charge is -2.47. The molecule has 8 heteroatoms. The number of ether oxygens (including phenoxy) is 1. The number of carboxylic acids is 1. The highest BCUT2D eigenvalue weighted by molar-refractivity contribution is 6.30.